The number of carbonyl (C=O) groups is 1. The second-order valence-electron chi connectivity index (χ2n) is 6.48. The Morgan fingerprint density at radius 1 is 1.10 bits per heavy atom. The van der Waals surface area contributed by atoms with E-state index in [0.717, 1.165) is 0 Å². The van der Waals surface area contributed by atoms with Gasteiger partial charge in [-0.3, -0.25) is 0 Å². The van der Waals surface area contributed by atoms with E-state index >= 15 is 0 Å². The minimum atomic E-state index is -0.118. The largest absolute Gasteiger partial charge is 0.446 e. The van der Waals surface area contributed by atoms with Crippen molar-refractivity contribution in [2.75, 3.05) is 26.3 Å². The summed E-state index contributed by atoms with van der Waals surface area (Å²) >= 11 is 0. The second-order valence-corrected chi connectivity index (χ2v) is 6.48. The second kappa shape index (κ2) is 8.62. The number of amides is 1. The SMILES string of the molecule is CCCC1CCCC(CCC)C1OC(=O)N1CCOCC1. The van der Waals surface area contributed by atoms with Crippen LogP contribution >= 0.6 is 0 Å². The van der Waals surface area contributed by atoms with E-state index < -0.39 is 0 Å². The first-order chi connectivity index (χ1) is 10.3. The molecule has 1 aliphatic carbocycles. The third-order valence-electron chi connectivity index (χ3n) is 4.90. The summed E-state index contributed by atoms with van der Waals surface area (Å²) in [7, 11) is 0. The lowest BCUT2D eigenvalue weighted by molar-refractivity contribution is -0.0373. The van der Waals surface area contributed by atoms with Gasteiger partial charge in [0, 0.05) is 13.1 Å². The summed E-state index contributed by atoms with van der Waals surface area (Å²) in [5.41, 5.74) is 0. The predicted molar refractivity (Wildman–Crippen MR) is 83.3 cm³/mol. The number of ether oxygens (including phenoxy) is 2. The van der Waals surface area contributed by atoms with E-state index in [9.17, 15) is 4.79 Å². The molecule has 1 aliphatic heterocycles. The lowest BCUT2D eigenvalue weighted by atomic mass is 9.75. The molecular weight excluding hydrogens is 266 g/mol. The molecule has 1 heterocycles. The maximum Gasteiger partial charge on any atom is 0.410 e. The molecule has 0 bridgehead atoms. The lowest BCUT2D eigenvalue weighted by Gasteiger charge is -2.39. The van der Waals surface area contributed by atoms with Crippen LogP contribution < -0.4 is 0 Å². The van der Waals surface area contributed by atoms with Crippen LogP contribution in [0, 0.1) is 11.8 Å². The van der Waals surface area contributed by atoms with Gasteiger partial charge in [0.2, 0.25) is 0 Å². The van der Waals surface area contributed by atoms with Crippen LogP contribution in [0.1, 0.15) is 58.8 Å². The van der Waals surface area contributed by atoms with Crippen LogP contribution in [0.5, 0.6) is 0 Å². The predicted octanol–water partition coefficient (Wildman–Crippen LogP) is 3.84. The third-order valence-corrected chi connectivity index (χ3v) is 4.90. The van der Waals surface area contributed by atoms with Crippen LogP contribution in [0.4, 0.5) is 4.79 Å². The molecule has 2 aliphatic rings. The van der Waals surface area contributed by atoms with Crippen molar-refractivity contribution in [2.45, 2.75) is 64.9 Å². The van der Waals surface area contributed by atoms with E-state index in [-0.39, 0.29) is 12.2 Å². The van der Waals surface area contributed by atoms with Crippen molar-refractivity contribution in [2.24, 2.45) is 11.8 Å². The minimum absolute atomic E-state index is 0.118. The molecule has 0 aromatic carbocycles. The van der Waals surface area contributed by atoms with Crippen LogP contribution in [-0.2, 0) is 9.47 Å². The fourth-order valence-electron chi connectivity index (χ4n) is 3.84. The Kier molecular flexibility index (Phi) is 6.81. The van der Waals surface area contributed by atoms with Gasteiger partial charge in [-0.25, -0.2) is 4.79 Å². The number of hydrogen-bond donors (Lipinski definition) is 0. The minimum Gasteiger partial charge on any atom is -0.446 e. The molecule has 4 heteroatoms. The van der Waals surface area contributed by atoms with Crippen molar-refractivity contribution in [3.05, 3.63) is 0 Å². The van der Waals surface area contributed by atoms with Crippen LogP contribution in [0.25, 0.3) is 0 Å². The monoisotopic (exact) mass is 297 g/mol. The zero-order valence-corrected chi connectivity index (χ0v) is 13.7. The van der Waals surface area contributed by atoms with E-state index in [1.165, 1.54) is 44.9 Å². The first-order valence-corrected chi connectivity index (χ1v) is 8.79. The van der Waals surface area contributed by atoms with Gasteiger partial charge in [-0.15, -0.1) is 0 Å². The molecule has 0 radical (unpaired) electrons. The van der Waals surface area contributed by atoms with Gasteiger partial charge >= 0.3 is 6.09 Å². The highest BCUT2D eigenvalue weighted by Gasteiger charge is 2.36. The Hall–Kier alpha value is -0.770. The van der Waals surface area contributed by atoms with Crippen molar-refractivity contribution in [1.82, 2.24) is 4.90 Å². The highest BCUT2D eigenvalue weighted by atomic mass is 16.6. The Morgan fingerprint density at radius 2 is 1.67 bits per heavy atom. The van der Waals surface area contributed by atoms with E-state index in [4.69, 9.17) is 9.47 Å². The van der Waals surface area contributed by atoms with Crippen LogP contribution in [0.15, 0.2) is 0 Å². The van der Waals surface area contributed by atoms with Gasteiger partial charge in [-0.1, -0.05) is 33.1 Å². The Balaban J connectivity index is 1.97. The van der Waals surface area contributed by atoms with Gasteiger partial charge in [0.15, 0.2) is 0 Å². The number of rotatable bonds is 5. The molecule has 2 atom stereocenters. The van der Waals surface area contributed by atoms with E-state index in [1.807, 2.05) is 4.90 Å². The first-order valence-electron chi connectivity index (χ1n) is 8.79. The average molecular weight is 297 g/mol. The Labute approximate surface area is 129 Å². The van der Waals surface area contributed by atoms with Gasteiger partial charge in [0.05, 0.1) is 13.2 Å². The summed E-state index contributed by atoms with van der Waals surface area (Å²) in [6, 6.07) is 0. The van der Waals surface area contributed by atoms with Crippen molar-refractivity contribution in [1.29, 1.82) is 0 Å². The molecule has 1 amide bonds. The molecule has 0 N–H and O–H groups in total. The third kappa shape index (κ3) is 4.60. The van der Waals surface area contributed by atoms with Crippen molar-refractivity contribution in [3.63, 3.8) is 0 Å². The number of hydrogen-bond acceptors (Lipinski definition) is 3. The molecule has 122 valence electrons. The van der Waals surface area contributed by atoms with Crippen molar-refractivity contribution < 1.29 is 14.3 Å². The molecule has 0 aromatic heterocycles. The van der Waals surface area contributed by atoms with Crippen molar-refractivity contribution in [3.8, 4) is 0 Å². The molecule has 1 saturated heterocycles. The summed E-state index contributed by atoms with van der Waals surface area (Å²) in [6.45, 7) is 7.06. The molecule has 21 heavy (non-hydrogen) atoms. The Morgan fingerprint density at radius 3 is 2.19 bits per heavy atom. The Bertz CT molecular complexity index is 297. The molecule has 2 unspecified atom stereocenters. The quantitative estimate of drug-likeness (QED) is 0.774. The summed E-state index contributed by atoms with van der Waals surface area (Å²) in [4.78, 5) is 14.2. The maximum atomic E-state index is 12.4. The van der Waals surface area contributed by atoms with Crippen molar-refractivity contribution >= 4 is 6.09 Å². The average Bonchev–Trinajstić information content (AvgIpc) is 2.51. The van der Waals surface area contributed by atoms with Gasteiger partial charge in [-0.05, 0) is 37.5 Å². The van der Waals surface area contributed by atoms with Gasteiger partial charge in [-0.2, -0.15) is 0 Å². The van der Waals surface area contributed by atoms with Crippen LogP contribution in [0.2, 0.25) is 0 Å². The number of carbonyl (C=O) groups excluding carboxylic acids is 1. The molecule has 0 aromatic rings. The number of morpholine rings is 1. The summed E-state index contributed by atoms with van der Waals surface area (Å²) < 4.78 is 11.3. The zero-order chi connectivity index (χ0) is 15.1. The highest BCUT2D eigenvalue weighted by Crippen LogP contribution is 2.37. The van der Waals surface area contributed by atoms with Crippen LogP contribution in [0.3, 0.4) is 0 Å². The summed E-state index contributed by atoms with van der Waals surface area (Å²) in [5.74, 6) is 1.12. The molecule has 4 nitrogen and oxygen atoms in total. The summed E-state index contributed by atoms with van der Waals surface area (Å²) in [5, 5.41) is 0. The lowest BCUT2D eigenvalue weighted by Crippen LogP contribution is -2.45. The highest BCUT2D eigenvalue weighted by molar-refractivity contribution is 5.68. The molecule has 1 saturated carbocycles. The summed E-state index contributed by atoms with van der Waals surface area (Å²) in [6.07, 6.45) is 8.46. The maximum absolute atomic E-state index is 12.4. The molecular formula is C17H31NO3. The topological polar surface area (TPSA) is 38.8 Å². The normalized spacial score (nSPS) is 30.2. The van der Waals surface area contributed by atoms with Crippen LogP contribution in [-0.4, -0.2) is 43.4 Å². The van der Waals surface area contributed by atoms with Gasteiger partial charge < -0.3 is 14.4 Å². The fourth-order valence-corrected chi connectivity index (χ4v) is 3.84. The first kappa shape index (κ1) is 16.6. The standard InChI is InChI=1S/C17H31NO3/c1-3-6-14-8-5-9-15(7-4-2)16(14)21-17(19)18-10-12-20-13-11-18/h14-16H,3-13H2,1-2H3. The molecule has 0 spiro atoms. The molecule has 2 rings (SSSR count). The van der Waals surface area contributed by atoms with E-state index in [0.29, 0.717) is 38.1 Å². The fraction of sp³-hybridized carbons (Fsp3) is 0.941. The van der Waals surface area contributed by atoms with E-state index in [2.05, 4.69) is 13.8 Å². The zero-order valence-electron chi connectivity index (χ0n) is 13.7. The molecule has 2 fully saturated rings. The number of nitrogens with zero attached hydrogens (tertiary/aromatic N) is 1. The smallest absolute Gasteiger partial charge is 0.410 e. The van der Waals surface area contributed by atoms with E-state index in [1.54, 1.807) is 0 Å². The van der Waals surface area contributed by atoms with Gasteiger partial charge in [0.1, 0.15) is 6.10 Å². The van der Waals surface area contributed by atoms with Gasteiger partial charge in [0.25, 0.3) is 0 Å².